The second-order valence-corrected chi connectivity index (χ2v) is 6.40. The Morgan fingerprint density at radius 3 is 2.52 bits per heavy atom. The molecule has 1 fully saturated rings. The molecule has 0 saturated carbocycles. The lowest BCUT2D eigenvalue weighted by atomic mass is 9.74. The highest BCUT2D eigenvalue weighted by atomic mass is 19.1. The number of piperidine rings is 1. The number of nitriles is 1. The molecule has 1 aromatic rings. The van der Waals surface area contributed by atoms with Crippen LogP contribution in [-0.4, -0.2) is 26.2 Å². The molecule has 6 heteroatoms. The third-order valence-corrected chi connectivity index (χ3v) is 4.62. The van der Waals surface area contributed by atoms with Gasteiger partial charge in [0.2, 0.25) is 0 Å². The van der Waals surface area contributed by atoms with Crippen LogP contribution >= 0.6 is 0 Å². The molecule has 4 nitrogen and oxygen atoms in total. The third-order valence-electron chi connectivity index (χ3n) is 4.62. The van der Waals surface area contributed by atoms with Gasteiger partial charge in [-0.3, -0.25) is 4.79 Å². The molecule has 1 aliphatic rings. The fourth-order valence-electron chi connectivity index (χ4n) is 3.13. The molecule has 0 aliphatic carbocycles. The van der Waals surface area contributed by atoms with Gasteiger partial charge in [-0.1, -0.05) is 0 Å². The average molecular weight is 322 g/mol. The van der Waals surface area contributed by atoms with E-state index in [0.717, 1.165) is 25.0 Å². The summed E-state index contributed by atoms with van der Waals surface area (Å²) in [6, 6.07) is 3.81. The Morgan fingerprint density at radius 2 is 2.00 bits per heavy atom. The zero-order chi connectivity index (χ0) is 17.2. The topological polar surface area (TPSA) is 53.3 Å². The van der Waals surface area contributed by atoms with Crippen LogP contribution in [0.3, 0.4) is 0 Å². The summed E-state index contributed by atoms with van der Waals surface area (Å²) in [5, 5.41) is 8.78. The molecule has 1 unspecified atom stereocenters. The molecule has 1 aromatic carbocycles. The molecule has 2 rings (SSSR count). The van der Waals surface area contributed by atoms with E-state index in [1.165, 1.54) is 7.11 Å². The Balaban J connectivity index is 2.29. The van der Waals surface area contributed by atoms with Crippen LogP contribution in [0.1, 0.15) is 32.3 Å². The molecule has 0 spiro atoms. The summed E-state index contributed by atoms with van der Waals surface area (Å²) in [5.74, 6) is -1.90. The fraction of sp³-hybridized carbons (Fsp3) is 0.529. The van der Waals surface area contributed by atoms with Gasteiger partial charge in [0.15, 0.2) is 11.6 Å². The first-order valence-corrected chi connectivity index (χ1v) is 7.53. The molecular formula is C17H20F2N2O2. The van der Waals surface area contributed by atoms with Gasteiger partial charge in [-0.25, -0.2) is 8.78 Å². The van der Waals surface area contributed by atoms with Gasteiger partial charge in [-0.05, 0) is 44.7 Å². The Labute approximate surface area is 134 Å². The lowest BCUT2D eigenvalue weighted by molar-refractivity contribution is -0.154. The van der Waals surface area contributed by atoms with E-state index in [0.29, 0.717) is 13.1 Å². The minimum atomic E-state index is -0.752. The molecule has 23 heavy (non-hydrogen) atoms. The Kier molecular flexibility index (Phi) is 4.88. The van der Waals surface area contributed by atoms with Crippen LogP contribution in [0, 0.1) is 34.3 Å². The second kappa shape index (κ2) is 6.53. The van der Waals surface area contributed by atoms with Gasteiger partial charge < -0.3 is 9.64 Å². The predicted octanol–water partition coefficient (Wildman–Crippen LogP) is 3.25. The third kappa shape index (κ3) is 3.29. The summed E-state index contributed by atoms with van der Waals surface area (Å²) in [4.78, 5) is 13.6. The van der Waals surface area contributed by atoms with Crippen molar-refractivity contribution in [2.45, 2.75) is 26.7 Å². The van der Waals surface area contributed by atoms with Gasteiger partial charge in [0.05, 0.1) is 24.2 Å². The van der Waals surface area contributed by atoms with Crippen molar-refractivity contribution in [3.63, 3.8) is 0 Å². The van der Waals surface area contributed by atoms with Crippen molar-refractivity contribution in [3.05, 3.63) is 29.3 Å². The Hall–Kier alpha value is -2.16. The van der Waals surface area contributed by atoms with Crippen LogP contribution in [0.25, 0.3) is 0 Å². The number of hydrogen-bond acceptors (Lipinski definition) is 4. The first-order valence-electron chi connectivity index (χ1n) is 7.53. The lowest BCUT2D eigenvalue weighted by Gasteiger charge is -2.41. The normalized spacial score (nSPS) is 18.4. The zero-order valence-corrected chi connectivity index (χ0v) is 13.5. The summed E-state index contributed by atoms with van der Waals surface area (Å²) in [6.07, 6.45) is 1.52. The fourth-order valence-corrected chi connectivity index (χ4v) is 3.13. The lowest BCUT2D eigenvalue weighted by Crippen LogP contribution is -2.45. The zero-order valence-electron chi connectivity index (χ0n) is 13.5. The van der Waals surface area contributed by atoms with Gasteiger partial charge in [0, 0.05) is 13.1 Å². The highest BCUT2D eigenvalue weighted by Gasteiger charge is 2.40. The number of halogens is 2. The highest BCUT2D eigenvalue weighted by molar-refractivity contribution is 5.76. The van der Waals surface area contributed by atoms with Gasteiger partial charge in [-0.2, -0.15) is 5.26 Å². The quantitative estimate of drug-likeness (QED) is 0.802. The summed E-state index contributed by atoms with van der Waals surface area (Å²) in [7, 11) is 1.34. The SMILES string of the molecule is COC(=O)C(C)(C)C1CCCN(c2c(F)cc(C#N)cc2F)C1. The maximum Gasteiger partial charge on any atom is 0.311 e. The van der Waals surface area contributed by atoms with E-state index in [2.05, 4.69) is 0 Å². The number of carbonyl (C=O) groups excluding carboxylic acids is 1. The van der Waals surface area contributed by atoms with E-state index in [1.54, 1.807) is 24.8 Å². The first kappa shape index (κ1) is 17.2. The number of anilines is 1. The van der Waals surface area contributed by atoms with E-state index in [1.807, 2.05) is 0 Å². The van der Waals surface area contributed by atoms with Crippen LogP contribution in [0.4, 0.5) is 14.5 Å². The first-order chi connectivity index (χ1) is 10.8. The molecule has 124 valence electrons. The molecule has 1 saturated heterocycles. The molecule has 1 atom stereocenters. The van der Waals surface area contributed by atoms with Crippen molar-refractivity contribution in [2.24, 2.45) is 11.3 Å². The predicted molar refractivity (Wildman–Crippen MR) is 81.8 cm³/mol. The largest absolute Gasteiger partial charge is 0.469 e. The number of ether oxygens (including phenoxy) is 1. The van der Waals surface area contributed by atoms with Crippen molar-refractivity contribution in [3.8, 4) is 6.07 Å². The molecule has 0 bridgehead atoms. The number of methoxy groups -OCH3 is 1. The maximum atomic E-state index is 14.2. The molecule has 0 amide bonds. The summed E-state index contributed by atoms with van der Waals surface area (Å²) in [5.41, 5.74) is -0.908. The Bertz CT molecular complexity index is 629. The number of benzene rings is 1. The summed E-state index contributed by atoms with van der Waals surface area (Å²) in [6.45, 7) is 4.45. The smallest absolute Gasteiger partial charge is 0.311 e. The summed E-state index contributed by atoms with van der Waals surface area (Å²) < 4.78 is 33.3. The van der Waals surface area contributed by atoms with E-state index < -0.39 is 17.0 Å². The maximum absolute atomic E-state index is 14.2. The van der Waals surface area contributed by atoms with Crippen LogP contribution < -0.4 is 4.90 Å². The molecule has 0 aromatic heterocycles. The number of rotatable bonds is 3. The van der Waals surface area contributed by atoms with Crippen LogP contribution in [-0.2, 0) is 9.53 Å². The van der Waals surface area contributed by atoms with Crippen molar-refractivity contribution in [2.75, 3.05) is 25.1 Å². The van der Waals surface area contributed by atoms with Gasteiger partial charge in [0.1, 0.15) is 5.69 Å². The Morgan fingerprint density at radius 1 is 1.39 bits per heavy atom. The minimum absolute atomic E-state index is 0.0489. The van der Waals surface area contributed by atoms with E-state index in [9.17, 15) is 13.6 Å². The van der Waals surface area contributed by atoms with Crippen molar-refractivity contribution in [1.82, 2.24) is 0 Å². The average Bonchev–Trinajstić information content (AvgIpc) is 2.53. The monoisotopic (exact) mass is 322 g/mol. The number of carbonyl (C=O) groups is 1. The molecule has 0 radical (unpaired) electrons. The van der Waals surface area contributed by atoms with Gasteiger partial charge in [-0.15, -0.1) is 0 Å². The standard InChI is InChI=1S/C17H20F2N2O2/c1-17(2,16(22)23-3)12-5-4-6-21(10-12)15-13(18)7-11(9-20)8-14(15)19/h7-8,12H,4-6,10H2,1-3H3. The van der Waals surface area contributed by atoms with Crippen LogP contribution in [0.2, 0.25) is 0 Å². The molecule has 1 aliphatic heterocycles. The minimum Gasteiger partial charge on any atom is -0.469 e. The summed E-state index contributed by atoms with van der Waals surface area (Å²) >= 11 is 0. The van der Waals surface area contributed by atoms with Crippen molar-refractivity contribution < 1.29 is 18.3 Å². The van der Waals surface area contributed by atoms with E-state index in [-0.39, 0.29) is 23.1 Å². The number of nitrogens with zero attached hydrogens (tertiary/aromatic N) is 2. The van der Waals surface area contributed by atoms with E-state index >= 15 is 0 Å². The van der Waals surface area contributed by atoms with E-state index in [4.69, 9.17) is 10.00 Å². The second-order valence-electron chi connectivity index (χ2n) is 6.40. The number of hydrogen-bond donors (Lipinski definition) is 0. The van der Waals surface area contributed by atoms with Gasteiger partial charge in [0.25, 0.3) is 0 Å². The molecule has 1 heterocycles. The van der Waals surface area contributed by atoms with Crippen molar-refractivity contribution >= 4 is 11.7 Å². The van der Waals surface area contributed by atoms with Gasteiger partial charge >= 0.3 is 5.97 Å². The highest BCUT2D eigenvalue weighted by Crippen LogP contribution is 2.37. The van der Waals surface area contributed by atoms with Crippen LogP contribution in [0.15, 0.2) is 12.1 Å². The van der Waals surface area contributed by atoms with Crippen molar-refractivity contribution in [1.29, 1.82) is 5.26 Å². The molecular weight excluding hydrogens is 302 g/mol. The number of esters is 1. The van der Waals surface area contributed by atoms with Crippen LogP contribution in [0.5, 0.6) is 0 Å². The molecule has 0 N–H and O–H groups in total.